The highest BCUT2D eigenvalue weighted by molar-refractivity contribution is 6.08. The summed E-state index contributed by atoms with van der Waals surface area (Å²) in [5.74, 6) is -0.320. The van der Waals surface area contributed by atoms with Crippen LogP contribution in [-0.2, 0) is 13.0 Å². The lowest BCUT2D eigenvalue weighted by atomic mass is 10.1. The van der Waals surface area contributed by atoms with Crippen LogP contribution in [0.5, 0.6) is 11.5 Å². The lowest BCUT2D eigenvalue weighted by Gasteiger charge is -2.15. The van der Waals surface area contributed by atoms with Crippen LogP contribution >= 0.6 is 0 Å². The molecule has 4 N–H and O–H groups in total. The Morgan fingerprint density at radius 3 is 2.63 bits per heavy atom. The fraction of sp³-hybridized carbons (Fsp3) is 0.167. The van der Waals surface area contributed by atoms with E-state index in [1.807, 2.05) is 18.2 Å². The van der Waals surface area contributed by atoms with Gasteiger partial charge in [0, 0.05) is 30.2 Å². The second-order valence-electron chi connectivity index (χ2n) is 9.62. The maximum atomic E-state index is 13.3. The van der Waals surface area contributed by atoms with Gasteiger partial charge in [-0.1, -0.05) is 36.4 Å². The predicted molar refractivity (Wildman–Crippen MR) is 148 cm³/mol. The van der Waals surface area contributed by atoms with Crippen molar-refractivity contribution in [3.05, 3.63) is 107 Å². The van der Waals surface area contributed by atoms with E-state index in [1.165, 1.54) is 23.8 Å². The van der Waals surface area contributed by atoms with Gasteiger partial charge in [0.05, 0.1) is 11.6 Å². The molecule has 2 heterocycles. The number of hydrogen-bond acceptors (Lipinski definition) is 6. The van der Waals surface area contributed by atoms with Gasteiger partial charge in [0.15, 0.2) is 11.5 Å². The molecule has 9 nitrogen and oxygen atoms in total. The van der Waals surface area contributed by atoms with Gasteiger partial charge in [-0.15, -0.1) is 8.78 Å². The molecule has 1 aliphatic carbocycles. The van der Waals surface area contributed by atoms with Crippen molar-refractivity contribution >= 4 is 29.1 Å². The van der Waals surface area contributed by atoms with E-state index in [0.29, 0.717) is 23.6 Å². The van der Waals surface area contributed by atoms with Gasteiger partial charge < -0.3 is 25.4 Å². The van der Waals surface area contributed by atoms with E-state index >= 15 is 0 Å². The number of halogens is 2. The molecule has 0 bridgehead atoms. The van der Waals surface area contributed by atoms with Gasteiger partial charge in [0.25, 0.3) is 5.91 Å². The van der Waals surface area contributed by atoms with Crippen LogP contribution in [0.25, 0.3) is 0 Å². The summed E-state index contributed by atoms with van der Waals surface area (Å²) in [5, 5.41) is 11.7. The molecular formula is C30H25F2N5O4. The van der Waals surface area contributed by atoms with Crippen molar-refractivity contribution in [2.24, 2.45) is 0 Å². The molecule has 3 amide bonds. The Hall–Kier alpha value is -5.19. The number of fused-ring (bicyclic) bond motifs is 2. The summed E-state index contributed by atoms with van der Waals surface area (Å²) < 4.78 is 35.5. The highest BCUT2D eigenvalue weighted by Crippen LogP contribution is 2.42. The number of para-hydroxylation sites is 1. The van der Waals surface area contributed by atoms with Crippen LogP contribution in [0.15, 0.2) is 85.1 Å². The van der Waals surface area contributed by atoms with E-state index in [9.17, 15) is 18.4 Å². The molecule has 0 radical (unpaired) electrons. The summed E-state index contributed by atoms with van der Waals surface area (Å²) in [6, 6.07) is 22.2. The number of aryl methyl sites for hydroxylation is 1. The average molecular weight is 558 g/mol. The highest BCUT2D eigenvalue weighted by Gasteiger charge is 2.43. The third kappa shape index (κ3) is 5.88. The molecule has 1 atom stereocenters. The number of hydrogen-bond donors (Lipinski definition) is 4. The van der Waals surface area contributed by atoms with Crippen molar-refractivity contribution in [2.45, 2.75) is 31.7 Å². The number of benzene rings is 3. The number of ether oxygens (including phenoxy) is 2. The Bertz CT molecular complexity index is 1630. The molecule has 0 spiro atoms. The quantitative estimate of drug-likeness (QED) is 0.219. The van der Waals surface area contributed by atoms with Gasteiger partial charge in [-0.3, -0.25) is 10.1 Å². The number of aromatic nitrogens is 1. The molecule has 2 aliphatic rings. The van der Waals surface area contributed by atoms with Gasteiger partial charge in [-0.25, -0.2) is 9.78 Å². The number of carbonyl (C=O) groups is 2. The van der Waals surface area contributed by atoms with Crippen molar-refractivity contribution in [1.29, 1.82) is 0 Å². The summed E-state index contributed by atoms with van der Waals surface area (Å²) in [6.45, 7) is 0.345. The molecule has 1 unspecified atom stereocenters. The van der Waals surface area contributed by atoms with Crippen molar-refractivity contribution in [3.8, 4) is 11.5 Å². The van der Waals surface area contributed by atoms with E-state index in [1.54, 1.807) is 42.6 Å². The summed E-state index contributed by atoms with van der Waals surface area (Å²) in [6.07, 6.45) is -0.369. The first kappa shape index (κ1) is 26.1. The van der Waals surface area contributed by atoms with Gasteiger partial charge in [-0.05, 0) is 65.9 Å². The number of anilines is 3. The SMILES string of the molecule is O=C(Nc1cc(CNc2ccccc2C(=O)Nc2ccc3c(c2)OC(F)(F)O3)ccn1)NC1CCc2ccccc21. The molecule has 11 heteroatoms. The number of alkyl halides is 2. The molecule has 6 rings (SSSR count). The fourth-order valence-electron chi connectivity index (χ4n) is 4.93. The zero-order valence-electron chi connectivity index (χ0n) is 21.6. The van der Waals surface area contributed by atoms with E-state index in [-0.39, 0.29) is 29.3 Å². The summed E-state index contributed by atoms with van der Waals surface area (Å²) in [4.78, 5) is 29.9. The van der Waals surface area contributed by atoms with Crippen molar-refractivity contribution in [1.82, 2.24) is 10.3 Å². The number of nitrogens with one attached hydrogen (secondary N) is 4. The Kier molecular flexibility index (Phi) is 6.84. The lowest BCUT2D eigenvalue weighted by molar-refractivity contribution is -0.286. The van der Waals surface area contributed by atoms with Crippen molar-refractivity contribution < 1.29 is 27.8 Å². The van der Waals surface area contributed by atoms with Crippen LogP contribution < -0.4 is 30.7 Å². The smallest absolute Gasteiger partial charge is 0.395 e. The van der Waals surface area contributed by atoms with E-state index in [2.05, 4.69) is 41.8 Å². The maximum Gasteiger partial charge on any atom is 0.586 e. The third-order valence-corrected chi connectivity index (χ3v) is 6.82. The van der Waals surface area contributed by atoms with Crippen LogP contribution in [0.1, 0.15) is 39.5 Å². The first-order chi connectivity index (χ1) is 19.8. The first-order valence-electron chi connectivity index (χ1n) is 13.0. The Morgan fingerprint density at radius 2 is 1.73 bits per heavy atom. The molecule has 0 saturated heterocycles. The number of nitrogens with zero attached hydrogens (tertiary/aromatic N) is 1. The molecule has 1 aliphatic heterocycles. The minimum Gasteiger partial charge on any atom is -0.395 e. The van der Waals surface area contributed by atoms with Crippen LogP contribution in [0.2, 0.25) is 0 Å². The molecule has 208 valence electrons. The van der Waals surface area contributed by atoms with E-state index in [4.69, 9.17) is 0 Å². The molecule has 41 heavy (non-hydrogen) atoms. The first-order valence-corrected chi connectivity index (χ1v) is 13.0. The lowest BCUT2D eigenvalue weighted by Crippen LogP contribution is -2.31. The molecular weight excluding hydrogens is 532 g/mol. The van der Waals surface area contributed by atoms with E-state index in [0.717, 1.165) is 24.0 Å². The number of pyridine rings is 1. The number of amides is 3. The fourth-order valence-corrected chi connectivity index (χ4v) is 4.93. The topological polar surface area (TPSA) is 114 Å². The van der Waals surface area contributed by atoms with Crippen LogP contribution in [0.3, 0.4) is 0 Å². The zero-order chi connectivity index (χ0) is 28.4. The van der Waals surface area contributed by atoms with Crippen molar-refractivity contribution in [3.63, 3.8) is 0 Å². The van der Waals surface area contributed by atoms with Gasteiger partial charge in [0.2, 0.25) is 0 Å². The minimum absolute atomic E-state index is 0.0442. The van der Waals surface area contributed by atoms with Crippen LogP contribution in [-0.4, -0.2) is 23.2 Å². The molecule has 1 aromatic heterocycles. The number of rotatable bonds is 7. The second-order valence-corrected chi connectivity index (χ2v) is 9.62. The normalized spacial score (nSPS) is 16.0. The maximum absolute atomic E-state index is 13.3. The minimum atomic E-state index is -3.74. The predicted octanol–water partition coefficient (Wildman–Crippen LogP) is 6.08. The second kappa shape index (κ2) is 10.8. The third-order valence-electron chi connectivity index (χ3n) is 6.82. The average Bonchev–Trinajstić information content (AvgIpc) is 3.50. The summed E-state index contributed by atoms with van der Waals surface area (Å²) >= 11 is 0. The van der Waals surface area contributed by atoms with Gasteiger partial charge >= 0.3 is 12.3 Å². The van der Waals surface area contributed by atoms with E-state index < -0.39 is 12.2 Å². The Balaban J connectivity index is 1.07. The number of urea groups is 1. The highest BCUT2D eigenvalue weighted by atomic mass is 19.3. The summed E-state index contributed by atoms with van der Waals surface area (Å²) in [7, 11) is 0. The molecule has 3 aromatic carbocycles. The monoisotopic (exact) mass is 557 g/mol. The summed E-state index contributed by atoms with van der Waals surface area (Å²) in [5.41, 5.74) is 4.39. The number of carbonyl (C=O) groups excluding carboxylic acids is 2. The largest absolute Gasteiger partial charge is 0.586 e. The molecule has 4 aromatic rings. The van der Waals surface area contributed by atoms with Crippen molar-refractivity contribution in [2.75, 3.05) is 16.0 Å². The van der Waals surface area contributed by atoms with Crippen LogP contribution in [0, 0.1) is 0 Å². The molecule has 0 saturated carbocycles. The van der Waals surface area contributed by atoms with Gasteiger partial charge in [-0.2, -0.15) is 0 Å². The Labute approximate surface area is 233 Å². The molecule has 0 fully saturated rings. The standard InChI is InChI=1S/C30H25F2N5O4/c31-30(32)40-25-12-10-20(16-26(25)41-30)35-28(38)22-7-3-4-8-23(22)34-17-18-13-14-33-27(15-18)37-29(39)36-24-11-9-19-5-1-2-6-21(19)24/h1-8,10,12-16,24,34H,9,11,17H2,(H,35,38)(H2,33,36,37,39). The van der Waals surface area contributed by atoms with Crippen LogP contribution in [0.4, 0.5) is 30.8 Å². The zero-order valence-corrected chi connectivity index (χ0v) is 21.6. The Morgan fingerprint density at radius 1 is 0.927 bits per heavy atom. The van der Waals surface area contributed by atoms with Gasteiger partial charge in [0.1, 0.15) is 5.82 Å².